The van der Waals surface area contributed by atoms with Crippen molar-refractivity contribution < 1.29 is 23.8 Å². The molecule has 6 nitrogen and oxygen atoms in total. The third-order valence-corrected chi connectivity index (χ3v) is 7.28. The summed E-state index contributed by atoms with van der Waals surface area (Å²) < 4.78 is 20.1. The Bertz CT molecular complexity index is 1430. The van der Waals surface area contributed by atoms with Crippen molar-refractivity contribution in [2.75, 3.05) is 11.5 Å². The molecule has 34 heavy (non-hydrogen) atoms. The molecule has 2 aromatic heterocycles. The van der Waals surface area contributed by atoms with Gasteiger partial charge in [-0.2, -0.15) is 0 Å². The Morgan fingerprint density at radius 3 is 2.82 bits per heavy atom. The smallest absolute Gasteiger partial charge is 0.296 e. The number of thiazole rings is 1. The number of anilines is 1. The van der Waals surface area contributed by atoms with Gasteiger partial charge in [0.15, 0.2) is 10.9 Å². The Kier molecular flexibility index (Phi) is 5.89. The third kappa shape index (κ3) is 3.86. The Morgan fingerprint density at radius 2 is 2.06 bits per heavy atom. The number of hydrogen-bond donors (Lipinski definition) is 1. The number of amides is 1. The lowest BCUT2D eigenvalue weighted by atomic mass is 9.95. The van der Waals surface area contributed by atoms with Crippen LogP contribution in [0.15, 0.2) is 71.3 Å². The summed E-state index contributed by atoms with van der Waals surface area (Å²) in [5, 5.41) is 12.9. The Balaban J connectivity index is 1.66. The van der Waals surface area contributed by atoms with Gasteiger partial charge < -0.3 is 9.84 Å². The minimum atomic E-state index is -0.919. The van der Waals surface area contributed by atoms with Crippen LogP contribution >= 0.6 is 22.7 Å². The highest BCUT2D eigenvalue weighted by Gasteiger charge is 2.46. The largest absolute Gasteiger partial charge is 0.503 e. The van der Waals surface area contributed by atoms with E-state index in [9.17, 15) is 19.1 Å². The fourth-order valence-electron chi connectivity index (χ4n) is 3.87. The second-order valence-corrected chi connectivity index (χ2v) is 9.63. The van der Waals surface area contributed by atoms with Gasteiger partial charge in [-0.1, -0.05) is 36.5 Å². The zero-order valence-corrected chi connectivity index (χ0v) is 19.7. The average Bonchev–Trinajstić information content (AvgIpc) is 3.56. The molecule has 0 spiro atoms. The molecule has 172 valence electrons. The second-order valence-electron chi connectivity index (χ2n) is 7.68. The SMILES string of the molecule is CCCOc1cccc(C2C(C(=O)c3cccs3)=C(O)C(=O)N2c2nc3ccc(F)cc3s2)c1. The lowest BCUT2D eigenvalue weighted by molar-refractivity contribution is -0.117. The molecule has 1 atom stereocenters. The molecule has 4 aromatic rings. The molecule has 1 amide bonds. The molecule has 2 aromatic carbocycles. The van der Waals surface area contributed by atoms with Gasteiger partial charge in [-0.3, -0.25) is 14.5 Å². The number of carbonyl (C=O) groups excluding carboxylic acids is 2. The van der Waals surface area contributed by atoms with Crippen LogP contribution in [0, 0.1) is 5.82 Å². The minimum absolute atomic E-state index is 0.0227. The fraction of sp³-hybridized carbons (Fsp3) is 0.160. The van der Waals surface area contributed by atoms with Gasteiger partial charge >= 0.3 is 0 Å². The molecule has 0 radical (unpaired) electrons. The van der Waals surface area contributed by atoms with Crippen LogP contribution < -0.4 is 9.64 Å². The van der Waals surface area contributed by atoms with Crippen molar-refractivity contribution in [1.82, 2.24) is 4.98 Å². The van der Waals surface area contributed by atoms with E-state index in [-0.39, 0.29) is 10.7 Å². The van der Waals surface area contributed by atoms with E-state index in [4.69, 9.17) is 4.74 Å². The maximum atomic E-state index is 13.8. The molecule has 1 N–H and O–H groups in total. The van der Waals surface area contributed by atoms with Crippen LogP contribution in [0.25, 0.3) is 10.2 Å². The summed E-state index contributed by atoms with van der Waals surface area (Å²) in [6.07, 6.45) is 0.823. The van der Waals surface area contributed by atoms with Crippen molar-refractivity contribution in [2.24, 2.45) is 0 Å². The molecule has 0 bridgehead atoms. The number of carbonyl (C=O) groups is 2. The summed E-state index contributed by atoms with van der Waals surface area (Å²) >= 11 is 2.35. The van der Waals surface area contributed by atoms with Gasteiger partial charge in [0, 0.05) is 0 Å². The maximum Gasteiger partial charge on any atom is 0.296 e. The number of thiophene rings is 1. The van der Waals surface area contributed by atoms with Crippen molar-refractivity contribution in [3.63, 3.8) is 0 Å². The topological polar surface area (TPSA) is 79.7 Å². The summed E-state index contributed by atoms with van der Waals surface area (Å²) in [5.74, 6) is -1.60. The Labute approximate surface area is 202 Å². The normalized spacial score (nSPS) is 16.0. The van der Waals surface area contributed by atoms with Crippen LogP contribution in [-0.2, 0) is 4.79 Å². The molecule has 1 aliphatic heterocycles. The highest BCUT2D eigenvalue weighted by atomic mass is 32.1. The molecule has 9 heteroatoms. The monoisotopic (exact) mass is 494 g/mol. The maximum absolute atomic E-state index is 13.8. The van der Waals surface area contributed by atoms with Crippen LogP contribution in [0.3, 0.4) is 0 Å². The number of aromatic nitrogens is 1. The predicted octanol–water partition coefficient (Wildman–Crippen LogP) is 6.07. The predicted molar refractivity (Wildman–Crippen MR) is 130 cm³/mol. The van der Waals surface area contributed by atoms with E-state index in [1.807, 2.05) is 6.92 Å². The van der Waals surface area contributed by atoms with Crippen LogP contribution in [0.2, 0.25) is 0 Å². The van der Waals surface area contributed by atoms with E-state index in [0.29, 0.717) is 33.0 Å². The zero-order valence-electron chi connectivity index (χ0n) is 18.0. The van der Waals surface area contributed by atoms with Gasteiger partial charge in [0.05, 0.1) is 33.3 Å². The first-order valence-electron chi connectivity index (χ1n) is 10.6. The van der Waals surface area contributed by atoms with E-state index in [0.717, 1.165) is 17.8 Å². The highest BCUT2D eigenvalue weighted by molar-refractivity contribution is 7.22. The summed E-state index contributed by atoms with van der Waals surface area (Å²) in [4.78, 5) is 32.9. The first-order chi connectivity index (χ1) is 16.5. The number of aliphatic hydroxyl groups excluding tert-OH is 1. The van der Waals surface area contributed by atoms with E-state index in [1.165, 1.54) is 34.4 Å². The van der Waals surface area contributed by atoms with E-state index in [1.54, 1.807) is 41.8 Å². The first-order valence-corrected chi connectivity index (χ1v) is 12.3. The van der Waals surface area contributed by atoms with Gasteiger partial charge in [0.1, 0.15) is 11.6 Å². The number of ketones is 1. The van der Waals surface area contributed by atoms with Crippen LogP contribution in [0.1, 0.15) is 34.6 Å². The van der Waals surface area contributed by atoms with Gasteiger partial charge in [-0.15, -0.1) is 11.3 Å². The molecule has 0 saturated heterocycles. The number of halogens is 1. The molecular weight excluding hydrogens is 475 g/mol. The van der Waals surface area contributed by atoms with Crippen molar-refractivity contribution in [3.05, 3.63) is 87.6 Å². The summed E-state index contributed by atoms with van der Waals surface area (Å²) in [7, 11) is 0. The number of ether oxygens (including phenoxy) is 1. The third-order valence-electron chi connectivity index (χ3n) is 5.39. The number of hydrogen-bond acceptors (Lipinski definition) is 7. The lowest BCUT2D eigenvalue weighted by Gasteiger charge is -2.24. The van der Waals surface area contributed by atoms with E-state index in [2.05, 4.69) is 4.98 Å². The summed E-state index contributed by atoms with van der Waals surface area (Å²) in [5.41, 5.74) is 1.09. The van der Waals surface area contributed by atoms with Gasteiger partial charge in [0.2, 0.25) is 5.78 Å². The number of Topliss-reactive ketones (excluding diaryl/α,β-unsaturated/α-hetero) is 1. The lowest BCUT2D eigenvalue weighted by Crippen LogP contribution is -2.30. The molecule has 3 heterocycles. The molecular formula is C25H19FN2O4S2. The quantitative estimate of drug-likeness (QED) is 0.316. The number of nitrogens with zero attached hydrogens (tertiary/aromatic N) is 2. The second kappa shape index (κ2) is 9.00. The van der Waals surface area contributed by atoms with E-state index >= 15 is 0 Å². The molecule has 0 saturated carbocycles. The van der Waals surface area contributed by atoms with Crippen molar-refractivity contribution in [1.29, 1.82) is 0 Å². The summed E-state index contributed by atoms with van der Waals surface area (Å²) in [6, 6.07) is 13.7. The Morgan fingerprint density at radius 1 is 1.21 bits per heavy atom. The first kappa shape index (κ1) is 22.2. The molecule has 5 rings (SSSR count). The summed E-state index contributed by atoms with van der Waals surface area (Å²) in [6.45, 7) is 2.51. The van der Waals surface area contributed by atoms with Crippen molar-refractivity contribution >= 4 is 49.7 Å². The van der Waals surface area contributed by atoms with Gasteiger partial charge in [0.25, 0.3) is 5.91 Å². The van der Waals surface area contributed by atoms with Crippen molar-refractivity contribution in [2.45, 2.75) is 19.4 Å². The van der Waals surface area contributed by atoms with Crippen LogP contribution in [-0.4, -0.2) is 28.4 Å². The highest BCUT2D eigenvalue weighted by Crippen LogP contribution is 2.45. The van der Waals surface area contributed by atoms with Crippen LogP contribution in [0.5, 0.6) is 5.75 Å². The molecule has 1 aliphatic rings. The Hall–Kier alpha value is -3.56. The van der Waals surface area contributed by atoms with Gasteiger partial charge in [-0.25, -0.2) is 9.37 Å². The fourth-order valence-corrected chi connectivity index (χ4v) is 5.57. The van der Waals surface area contributed by atoms with Crippen LogP contribution in [0.4, 0.5) is 9.52 Å². The zero-order chi connectivity index (χ0) is 23.8. The average molecular weight is 495 g/mol. The molecule has 1 unspecified atom stereocenters. The number of aliphatic hydroxyl groups is 1. The molecule has 0 fully saturated rings. The minimum Gasteiger partial charge on any atom is -0.503 e. The number of fused-ring (bicyclic) bond motifs is 1. The number of rotatable bonds is 7. The molecule has 0 aliphatic carbocycles. The van der Waals surface area contributed by atoms with Gasteiger partial charge in [-0.05, 0) is 53.8 Å². The van der Waals surface area contributed by atoms with Crippen molar-refractivity contribution in [3.8, 4) is 5.75 Å². The standard InChI is InChI=1S/C25H19FN2O4S2/c1-2-10-32-16-6-3-5-14(12-16)21-20(22(29)18-7-4-11-33-18)23(30)24(31)28(21)25-27-17-9-8-15(26)13-19(17)34-25/h3-9,11-13,21,30H,2,10H2,1H3. The van der Waals surface area contributed by atoms with E-state index < -0.39 is 29.3 Å². The number of benzene rings is 2.